The fourth-order valence-corrected chi connectivity index (χ4v) is 2.89. The minimum atomic E-state index is -0.512. The van der Waals surface area contributed by atoms with Gasteiger partial charge in [0.05, 0.1) is 13.2 Å². The highest BCUT2D eigenvalue weighted by Crippen LogP contribution is 2.43. The molecule has 2 unspecified atom stereocenters. The van der Waals surface area contributed by atoms with Crippen LogP contribution in [0.25, 0.3) is 0 Å². The van der Waals surface area contributed by atoms with Gasteiger partial charge < -0.3 is 19.3 Å². The van der Waals surface area contributed by atoms with Gasteiger partial charge in [0.2, 0.25) is 0 Å². The molecule has 0 saturated carbocycles. The molecular weight excluding hydrogens is 275 g/mol. The number of hydrogen-bond donors (Lipinski definition) is 1. The number of ether oxygens (including phenoxy) is 3. The molecular formula is C7H11IO4. The fourth-order valence-electron chi connectivity index (χ4n) is 1.68. The van der Waals surface area contributed by atoms with Crippen molar-refractivity contribution in [2.24, 2.45) is 0 Å². The third-order valence-electron chi connectivity index (χ3n) is 2.36. The molecule has 2 fully saturated rings. The van der Waals surface area contributed by atoms with Crippen molar-refractivity contribution in [1.82, 2.24) is 0 Å². The summed E-state index contributed by atoms with van der Waals surface area (Å²) in [4.78, 5) is 0. The van der Waals surface area contributed by atoms with Gasteiger partial charge in [0.25, 0.3) is 0 Å². The highest BCUT2D eigenvalue weighted by molar-refractivity contribution is 14.1. The molecule has 0 amide bonds. The number of fused-ring (bicyclic) bond motifs is 1. The Kier molecular flexibility index (Phi) is 2.33. The SMILES string of the molecule is COC1CO[C@@H]2C(O)CO[C@]12I. The summed E-state index contributed by atoms with van der Waals surface area (Å²) in [7, 11) is 1.63. The number of methoxy groups -OCH3 is 1. The zero-order chi connectivity index (χ0) is 8.77. The smallest absolute Gasteiger partial charge is 0.175 e. The lowest BCUT2D eigenvalue weighted by atomic mass is 10.1. The maximum atomic E-state index is 9.47. The quantitative estimate of drug-likeness (QED) is 0.541. The van der Waals surface area contributed by atoms with Crippen molar-refractivity contribution in [1.29, 1.82) is 0 Å². The van der Waals surface area contributed by atoms with Crippen LogP contribution in [0, 0.1) is 0 Å². The molecule has 4 nitrogen and oxygen atoms in total. The van der Waals surface area contributed by atoms with E-state index < -0.39 is 9.71 Å². The van der Waals surface area contributed by atoms with E-state index in [0.717, 1.165) is 0 Å². The van der Waals surface area contributed by atoms with E-state index in [-0.39, 0.29) is 12.2 Å². The maximum absolute atomic E-state index is 9.47. The number of rotatable bonds is 1. The molecule has 4 atom stereocenters. The highest BCUT2D eigenvalue weighted by Gasteiger charge is 2.58. The largest absolute Gasteiger partial charge is 0.388 e. The average molecular weight is 286 g/mol. The van der Waals surface area contributed by atoms with Gasteiger partial charge in [0.1, 0.15) is 18.3 Å². The van der Waals surface area contributed by atoms with E-state index in [1.54, 1.807) is 7.11 Å². The van der Waals surface area contributed by atoms with Gasteiger partial charge in [-0.05, 0) is 22.6 Å². The van der Waals surface area contributed by atoms with Crippen LogP contribution in [-0.4, -0.2) is 47.3 Å². The lowest BCUT2D eigenvalue weighted by molar-refractivity contribution is -0.0234. The third kappa shape index (κ3) is 1.11. The first-order valence-electron chi connectivity index (χ1n) is 3.84. The predicted octanol–water partition coefficient (Wildman–Crippen LogP) is -0.0774. The lowest BCUT2D eigenvalue weighted by Crippen LogP contribution is -2.41. The van der Waals surface area contributed by atoms with Gasteiger partial charge in [-0.25, -0.2) is 0 Å². The average Bonchev–Trinajstić information content (AvgIpc) is 2.50. The van der Waals surface area contributed by atoms with Crippen LogP contribution < -0.4 is 0 Å². The van der Waals surface area contributed by atoms with Crippen LogP contribution in [0.4, 0.5) is 0 Å². The molecule has 2 heterocycles. The molecule has 0 bridgehead atoms. The van der Waals surface area contributed by atoms with Gasteiger partial charge in [-0.2, -0.15) is 0 Å². The summed E-state index contributed by atoms with van der Waals surface area (Å²) in [5, 5.41) is 9.47. The summed E-state index contributed by atoms with van der Waals surface area (Å²) in [6, 6.07) is 0. The van der Waals surface area contributed by atoms with E-state index in [9.17, 15) is 5.11 Å². The van der Waals surface area contributed by atoms with Gasteiger partial charge in [0, 0.05) is 7.11 Å². The third-order valence-corrected chi connectivity index (χ3v) is 3.98. The van der Waals surface area contributed by atoms with Crippen LogP contribution >= 0.6 is 22.6 Å². The minimum Gasteiger partial charge on any atom is -0.388 e. The second-order valence-electron chi connectivity index (χ2n) is 3.05. The summed E-state index contributed by atoms with van der Waals surface area (Å²) >= 11 is 2.16. The van der Waals surface area contributed by atoms with E-state index >= 15 is 0 Å². The molecule has 2 rings (SSSR count). The summed E-state index contributed by atoms with van der Waals surface area (Å²) < 4.78 is 15.6. The number of alkyl halides is 1. The van der Waals surface area contributed by atoms with E-state index in [1.807, 2.05) is 0 Å². The molecule has 2 aliphatic heterocycles. The fraction of sp³-hybridized carbons (Fsp3) is 1.00. The standard InChI is InChI=1S/C7H11IO4/c1-10-5-3-11-6-4(9)2-12-7(5,6)8/h4-6,9H,2-3H2,1H3/t4?,5?,6-,7-/m1/s1. The molecule has 0 aliphatic carbocycles. The number of halogens is 1. The Morgan fingerprint density at radius 2 is 2.33 bits per heavy atom. The van der Waals surface area contributed by atoms with Crippen LogP contribution in [0.3, 0.4) is 0 Å². The van der Waals surface area contributed by atoms with Crippen LogP contribution in [-0.2, 0) is 14.2 Å². The summed E-state index contributed by atoms with van der Waals surface area (Å²) in [6.07, 6.45) is -0.814. The topological polar surface area (TPSA) is 47.9 Å². The Labute approximate surface area is 84.3 Å². The number of hydrogen-bond acceptors (Lipinski definition) is 4. The minimum absolute atomic E-state index is 0.0692. The van der Waals surface area contributed by atoms with Gasteiger partial charge in [-0.1, -0.05) is 0 Å². The highest BCUT2D eigenvalue weighted by atomic mass is 127. The summed E-state index contributed by atoms with van der Waals surface area (Å²) in [6.45, 7) is 0.842. The number of aliphatic hydroxyl groups is 1. The van der Waals surface area contributed by atoms with Crippen LogP contribution in [0.1, 0.15) is 0 Å². The molecule has 0 spiro atoms. The zero-order valence-corrected chi connectivity index (χ0v) is 8.85. The van der Waals surface area contributed by atoms with E-state index in [0.29, 0.717) is 13.2 Å². The molecule has 5 heteroatoms. The Morgan fingerprint density at radius 3 is 3.00 bits per heavy atom. The van der Waals surface area contributed by atoms with Crippen molar-refractivity contribution in [3.8, 4) is 0 Å². The van der Waals surface area contributed by atoms with Gasteiger partial charge >= 0.3 is 0 Å². The molecule has 2 aliphatic rings. The monoisotopic (exact) mass is 286 g/mol. The van der Waals surface area contributed by atoms with E-state index in [2.05, 4.69) is 22.6 Å². The molecule has 0 radical (unpaired) electrons. The Bertz CT molecular complexity index is 188. The molecule has 70 valence electrons. The Morgan fingerprint density at radius 1 is 1.58 bits per heavy atom. The van der Waals surface area contributed by atoms with E-state index in [4.69, 9.17) is 14.2 Å². The van der Waals surface area contributed by atoms with E-state index in [1.165, 1.54) is 0 Å². The molecule has 12 heavy (non-hydrogen) atoms. The molecule has 1 N–H and O–H groups in total. The predicted molar refractivity (Wildman–Crippen MR) is 49.2 cm³/mol. The number of aliphatic hydroxyl groups excluding tert-OH is 1. The van der Waals surface area contributed by atoms with Crippen molar-refractivity contribution in [2.45, 2.75) is 21.9 Å². The van der Waals surface area contributed by atoms with Crippen LogP contribution in [0.5, 0.6) is 0 Å². The van der Waals surface area contributed by atoms with Gasteiger partial charge in [-0.3, -0.25) is 0 Å². The first-order chi connectivity index (χ1) is 5.68. The van der Waals surface area contributed by atoms with Crippen molar-refractivity contribution in [2.75, 3.05) is 20.3 Å². The van der Waals surface area contributed by atoms with Crippen molar-refractivity contribution in [3.05, 3.63) is 0 Å². The molecule has 0 aromatic carbocycles. The normalized spacial score (nSPS) is 52.8. The van der Waals surface area contributed by atoms with Gasteiger partial charge in [-0.15, -0.1) is 0 Å². The Balaban J connectivity index is 2.19. The molecule has 2 saturated heterocycles. The zero-order valence-electron chi connectivity index (χ0n) is 6.70. The Hall–Kier alpha value is 0.570. The summed E-state index contributed by atoms with van der Waals surface area (Å²) in [5.74, 6) is 0. The maximum Gasteiger partial charge on any atom is 0.175 e. The van der Waals surface area contributed by atoms with Crippen LogP contribution in [0.2, 0.25) is 0 Å². The second kappa shape index (κ2) is 3.06. The lowest BCUT2D eigenvalue weighted by Gasteiger charge is -2.24. The first-order valence-corrected chi connectivity index (χ1v) is 4.91. The van der Waals surface area contributed by atoms with Crippen LogP contribution in [0.15, 0.2) is 0 Å². The van der Waals surface area contributed by atoms with Crippen molar-refractivity contribution < 1.29 is 19.3 Å². The summed E-state index contributed by atoms with van der Waals surface area (Å²) in [5.41, 5.74) is 0. The van der Waals surface area contributed by atoms with Crippen molar-refractivity contribution in [3.63, 3.8) is 0 Å². The molecule has 0 aromatic heterocycles. The first kappa shape index (κ1) is 9.14. The van der Waals surface area contributed by atoms with Gasteiger partial charge in [0.15, 0.2) is 3.61 Å². The molecule has 0 aromatic rings. The van der Waals surface area contributed by atoms with Crippen molar-refractivity contribution >= 4 is 22.6 Å². The second-order valence-corrected chi connectivity index (χ2v) is 4.74.